The summed E-state index contributed by atoms with van der Waals surface area (Å²) in [5, 5.41) is 14.3. The van der Waals surface area contributed by atoms with Crippen LogP contribution in [0.4, 0.5) is 5.82 Å². The Labute approximate surface area is 181 Å². The van der Waals surface area contributed by atoms with Crippen molar-refractivity contribution in [3.63, 3.8) is 0 Å². The summed E-state index contributed by atoms with van der Waals surface area (Å²) in [5.41, 5.74) is 11.0. The standard InChI is InChI=1S/C23H26N6O2/c1-14-5-6-20-17(9-14)15(2)31-21-10-16(12-26-23(21)25)22-18(13-28(3)7-8-30-20)27-29(4)19(22)11-24/h5-6,9-10,12,15H,7-8,13H2,1-4H3,(H2,25,26)/t15-/m1/s1. The number of nitrogen functional groups attached to an aromatic ring is 1. The Balaban J connectivity index is 1.86. The number of ether oxygens (including phenoxy) is 2. The van der Waals surface area contributed by atoms with Crippen molar-refractivity contribution in [2.24, 2.45) is 7.05 Å². The first-order chi connectivity index (χ1) is 14.9. The first-order valence-corrected chi connectivity index (χ1v) is 10.2. The molecular formula is C23H26N6O2. The summed E-state index contributed by atoms with van der Waals surface area (Å²) in [4.78, 5) is 6.47. The fourth-order valence-electron chi connectivity index (χ4n) is 3.83. The molecule has 1 aliphatic rings. The molecule has 8 nitrogen and oxygen atoms in total. The van der Waals surface area contributed by atoms with Crippen LogP contribution in [0.3, 0.4) is 0 Å². The number of aryl methyl sites for hydroxylation is 2. The van der Waals surface area contributed by atoms with E-state index in [1.807, 2.05) is 39.1 Å². The van der Waals surface area contributed by atoms with Gasteiger partial charge in [0.2, 0.25) is 0 Å². The summed E-state index contributed by atoms with van der Waals surface area (Å²) in [6, 6.07) is 10.2. The summed E-state index contributed by atoms with van der Waals surface area (Å²) in [7, 11) is 3.78. The molecule has 0 fully saturated rings. The maximum absolute atomic E-state index is 9.74. The lowest BCUT2D eigenvalue weighted by atomic mass is 10.0. The quantitative estimate of drug-likeness (QED) is 0.598. The number of nitriles is 1. The molecule has 0 amide bonds. The highest BCUT2D eigenvalue weighted by molar-refractivity contribution is 5.73. The summed E-state index contributed by atoms with van der Waals surface area (Å²) in [6.07, 6.45) is 1.36. The van der Waals surface area contributed by atoms with Crippen LogP contribution in [0.1, 0.15) is 35.5 Å². The van der Waals surface area contributed by atoms with Gasteiger partial charge < -0.3 is 15.2 Å². The van der Waals surface area contributed by atoms with Gasteiger partial charge in [-0.05, 0) is 39.1 Å². The van der Waals surface area contributed by atoms with Gasteiger partial charge in [0.05, 0.1) is 5.69 Å². The molecule has 1 aromatic carbocycles. The lowest BCUT2D eigenvalue weighted by molar-refractivity contribution is 0.204. The van der Waals surface area contributed by atoms with Crippen molar-refractivity contribution in [3.05, 3.63) is 53.0 Å². The molecule has 0 spiro atoms. The number of nitrogens with two attached hydrogens (primary N) is 1. The molecule has 2 bridgehead atoms. The Bertz CT molecular complexity index is 1160. The van der Waals surface area contributed by atoms with Gasteiger partial charge in [0.15, 0.2) is 11.6 Å². The first-order valence-electron chi connectivity index (χ1n) is 10.2. The Hall–Kier alpha value is -3.57. The van der Waals surface area contributed by atoms with Crippen molar-refractivity contribution in [2.45, 2.75) is 26.5 Å². The highest BCUT2D eigenvalue weighted by Gasteiger charge is 2.22. The second kappa shape index (κ2) is 8.28. The molecule has 1 aliphatic heterocycles. The Kier molecular flexibility index (Phi) is 5.53. The second-order valence-electron chi connectivity index (χ2n) is 7.90. The van der Waals surface area contributed by atoms with Crippen molar-refractivity contribution in [1.29, 1.82) is 5.26 Å². The predicted octanol–water partition coefficient (Wildman–Crippen LogP) is 3.21. The van der Waals surface area contributed by atoms with Gasteiger partial charge in [-0.3, -0.25) is 9.58 Å². The van der Waals surface area contributed by atoms with E-state index in [0.29, 0.717) is 37.0 Å². The van der Waals surface area contributed by atoms with E-state index in [2.05, 4.69) is 27.1 Å². The SMILES string of the molecule is Cc1ccc2c(c1)[C@@H](C)Oc1cc(cnc1N)-c1c(nn(C)c1C#N)CN(C)CCO2. The van der Waals surface area contributed by atoms with E-state index in [0.717, 1.165) is 33.7 Å². The molecule has 0 aliphatic carbocycles. The minimum Gasteiger partial charge on any atom is -0.492 e. The number of aromatic nitrogens is 3. The van der Waals surface area contributed by atoms with Crippen LogP contribution < -0.4 is 15.2 Å². The van der Waals surface area contributed by atoms with E-state index in [1.165, 1.54) is 0 Å². The molecule has 3 heterocycles. The van der Waals surface area contributed by atoms with Crippen molar-refractivity contribution in [2.75, 3.05) is 25.9 Å². The molecule has 8 heteroatoms. The number of hydrogen-bond acceptors (Lipinski definition) is 7. The number of rotatable bonds is 0. The Morgan fingerprint density at radius 2 is 2.03 bits per heavy atom. The third kappa shape index (κ3) is 4.05. The fourth-order valence-corrected chi connectivity index (χ4v) is 3.83. The van der Waals surface area contributed by atoms with Gasteiger partial charge in [-0.1, -0.05) is 11.6 Å². The number of benzene rings is 1. The molecule has 160 valence electrons. The zero-order chi connectivity index (χ0) is 22.1. The number of hydrogen-bond donors (Lipinski definition) is 1. The molecule has 3 aromatic rings. The summed E-state index contributed by atoms with van der Waals surface area (Å²) in [6.45, 7) is 5.77. The van der Waals surface area contributed by atoms with Gasteiger partial charge in [-0.15, -0.1) is 0 Å². The largest absolute Gasteiger partial charge is 0.492 e. The lowest BCUT2D eigenvalue weighted by Gasteiger charge is -2.22. The smallest absolute Gasteiger partial charge is 0.166 e. The molecule has 0 unspecified atom stereocenters. The number of fused-ring (bicyclic) bond motifs is 5. The van der Waals surface area contributed by atoms with Crippen LogP contribution >= 0.6 is 0 Å². The van der Waals surface area contributed by atoms with Crippen LogP contribution in [-0.2, 0) is 13.6 Å². The highest BCUT2D eigenvalue weighted by Crippen LogP contribution is 2.36. The Morgan fingerprint density at radius 3 is 2.81 bits per heavy atom. The van der Waals surface area contributed by atoms with E-state index in [9.17, 15) is 5.26 Å². The van der Waals surface area contributed by atoms with Gasteiger partial charge in [-0.2, -0.15) is 10.4 Å². The lowest BCUT2D eigenvalue weighted by Crippen LogP contribution is -2.25. The van der Waals surface area contributed by atoms with Crippen molar-refractivity contribution >= 4 is 5.82 Å². The number of likely N-dealkylation sites (N-methyl/N-ethyl adjacent to an activating group) is 1. The Morgan fingerprint density at radius 1 is 1.23 bits per heavy atom. The van der Waals surface area contributed by atoms with Crippen LogP contribution in [0.5, 0.6) is 11.5 Å². The molecule has 0 saturated carbocycles. The average Bonchev–Trinajstić information content (AvgIpc) is 3.04. The van der Waals surface area contributed by atoms with E-state index < -0.39 is 0 Å². The van der Waals surface area contributed by atoms with Crippen LogP contribution in [0.15, 0.2) is 30.5 Å². The maximum atomic E-state index is 9.74. The van der Waals surface area contributed by atoms with E-state index >= 15 is 0 Å². The van der Waals surface area contributed by atoms with Gasteiger partial charge in [0.25, 0.3) is 0 Å². The molecule has 2 aromatic heterocycles. The van der Waals surface area contributed by atoms with Crippen LogP contribution in [0.2, 0.25) is 0 Å². The van der Waals surface area contributed by atoms with E-state index in [-0.39, 0.29) is 6.10 Å². The predicted molar refractivity (Wildman–Crippen MR) is 118 cm³/mol. The monoisotopic (exact) mass is 418 g/mol. The van der Waals surface area contributed by atoms with Crippen molar-refractivity contribution in [1.82, 2.24) is 19.7 Å². The molecular weight excluding hydrogens is 392 g/mol. The van der Waals surface area contributed by atoms with Gasteiger partial charge in [0, 0.05) is 43.0 Å². The van der Waals surface area contributed by atoms with Gasteiger partial charge >= 0.3 is 0 Å². The molecule has 31 heavy (non-hydrogen) atoms. The minimum atomic E-state index is -0.307. The van der Waals surface area contributed by atoms with Crippen molar-refractivity contribution < 1.29 is 9.47 Å². The number of anilines is 1. The molecule has 4 rings (SSSR count). The van der Waals surface area contributed by atoms with Crippen molar-refractivity contribution in [3.8, 4) is 28.7 Å². The third-order valence-electron chi connectivity index (χ3n) is 5.45. The topological polar surface area (TPSA) is 102 Å². The molecule has 1 atom stereocenters. The summed E-state index contributed by atoms with van der Waals surface area (Å²) < 4.78 is 13.9. The normalized spacial score (nSPS) is 16.8. The third-order valence-corrected chi connectivity index (χ3v) is 5.45. The minimum absolute atomic E-state index is 0.291. The van der Waals surface area contributed by atoms with E-state index in [4.69, 9.17) is 15.2 Å². The second-order valence-corrected chi connectivity index (χ2v) is 7.90. The molecule has 0 radical (unpaired) electrons. The number of pyridine rings is 1. The summed E-state index contributed by atoms with van der Waals surface area (Å²) in [5.74, 6) is 1.54. The number of nitrogens with zero attached hydrogens (tertiary/aromatic N) is 5. The molecule has 2 N–H and O–H groups in total. The van der Waals surface area contributed by atoms with Gasteiger partial charge in [0.1, 0.15) is 30.2 Å². The first kappa shape index (κ1) is 20.7. The zero-order valence-corrected chi connectivity index (χ0v) is 18.2. The summed E-state index contributed by atoms with van der Waals surface area (Å²) >= 11 is 0. The van der Waals surface area contributed by atoms with Crippen LogP contribution in [-0.4, -0.2) is 39.9 Å². The molecule has 0 saturated heterocycles. The maximum Gasteiger partial charge on any atom is 0.166 e. The van der Waals surface area contributed by atoms with Gasteiger partial charge in [-0.25, -0.2) is 4.98 Å². The van der Waals surface area contributed by atoms with Crippen LogP contribution in [0, 0.1) is 18.3 Å². The fraction of sp³-hybridized carbons (Fsp3) is 0.348. The average molecular weight is 419 g/mol. The van der Waals surface area contributed by atoms with E-state index in [1.54, 1.807) is 17.9 Å². The highest BCUT2D eigenvalue weighted by atomic mass is 16.5. The zero-order valence-electron chi connectivity index (χ0n) is 18.2. The van der Waals surface area contributed by atoms with Crippen LogP contribution in [0.25, 0.3) is 11.1 Å².